The highest BCUT2D eigenvalue weighted by molar-refractivity contribution is 7.89. The van der Waals surface area contributed by atoms with Gasteiger partial charge in [0.15, 0.2) is 11.5 Å². The van der Waals surface area contributed by atoms with Gasteiger partial charge in [0.2, 0.25) is 10.0 Å². The van der Waals surface area contributed by atoms with Crippen molar-refractivity contribution in [1.82, 2.24) is 4.31 Å². The molecule has 0 saturated heterocycles. The Kier molecular flexibility index (Phi) is 4.93. The highest BCUT2D eigenvalue weighted by Gasteiger charge is 2.29. The lowest BCUT2D eigenvalue weighted by Crippen LogP contribution is -2.29. The van der Waals surface area contributed by atoms with Gasteiger partial charge in [-0.05, 0) is 31.2 Å². The van der Waals surface area contributed by atoms with E-state index in [0.717, 1.165) is 11.0 Å². The number of hydrogen-bond acceptors (Lipinski definition) is 5. The molecule has 1 atom stereocenters. The largest absolute Gasteiger partial charge is 0.493 e. The van der Waals surface area contributed by atoms with Crippen LogP contribution in [0.2, 0.25) is 0 Å². The molecular weight excluding hydrogens is 354 g/mol. The van der Waals surface area contributed by atoms with E-state index in [0.29, 0.717) is 17.3 Å². The summed E-state index contributed by atoms with van der Waals surface area (Å²) in [5.74, 6) is 1.41. The first-order valence-electron chi connectivity index (χ1n) is 8.07. The molecule has 0 spiro atoms. The SMILES string of the molecule is COc1ccc(S(=O)(=O)N(C)C(C)c2cc3ccccc3o2)cc1OC. The average molecular weight is 375 g/mol. The first-order valence-corrected chi connectivity index (χ1v) is 9.51. The van der Waals surface area contributed by atoms with Gasteiger partial charge in [-0.3, -0.25) is 0 Å². The molecule has 0 saturated carbocycles. The van der Waals surface area contributed by atoms with Crippen LogP contribution >= 0.6 is 0 Å². The van der Waals surface area contributed by atoms with E-state index >= 15 is 0 Å². The fourth-order valence-electron chi connectivity index (χ4n) is 2.74. The Morgan fingerprint density at radius 3 is 2.35 bits per heavy atom. The Bertz CT molecular complexity index is 992. The Morgan fingerprint density at radius 2 is 1.69 bits per heavy atom. The van der Waals surface area contributed by atoms with Crippen LogP contribution < -0.4 is 9.47 Å². The molecule has 7 heteroatoms. The number of rotatable bonds is 6. The van der Waals surface area contributed by atoms with Crippen LogP contribution in [-0.2, 0) is 10.0 Å². The topological polar surface area (TPSA) is 69.0 Å². The van der Waals surface area contributed by atoms with Crippen molar-refractivity contribution < 1.29 is 22.3 Å². The Hall–Kier alpha value is -2.51. The lowest BCUT2D eigenvalue weighted by Gasteiger charge is -2.23. The molecule has 0 aliphatic rings. The monoisotopic (exact) mass is 375 g/mol. The van der Waals surface area contributed by atoms with Gasteiger partial charge in [0, 0.05) is 18.5 Å². The number of para-hydroxylation sites is 1. The van der Waals surface area contributed by atoms with Crippen molar-refractivity contribution in [3.05, 3.63) is 54.3 Å². The molecule has 0 amide bonds. The molecular formula is C19H21NO5S. The van der Waals surface area contributed by atoms with E-state index in [1.807, 2.05) is 30.3 Å². The van der Waals surface area contributed by atoms with E-state index < -0.39 is 16.1 Å². The van der Waals surface area contributed by atoms with Crippen molar-refractivity contribution in [2.24, 2.45) is 0 Å². The zero-order valence-electron chi connectivity index (χ0n) is 15.1. The van der Waals surface area contributed by atoms with Crippen LogP contribution in [0.4, 0.5) is 0 Å². The molecule has 1 aromatic heterocycles. The number of benzene rings is 2. The third-order valence-corrected chi connectivity index (χ3v) is 6.36. The van der Waals surface area contributed by atoms with Gasteiger partial charge in [-0.15, -0.1) is 0 Å². The molecule has 0 radical (unpaired) electrons. The summed E-state index contributed by atoms with van der Waals surface area (Å²) < 4.78 is 43.5. The van der Waals surface area contributed by atoms with E-state index in [1.165, 1.54) is 37.7 Å². The molecule has 1 heterocycles. The maximum Gasteiger partial charge on any atom is 0.243 e. The van der Waals surface area contributed by atoms with Crippen molar-refractivity contribution in [3.63, 3.8) is 0 Å². The molecule has 6 nitrogen and oxygen atoms in total. The number of fused-ring (bicyclic) bond motifs is 1. The lowest BCUT2D eigenvalue weighted by atomic mass is 10.2. The number of furan rings is 1. The van der Waals surface area contributed by atoms with Crippen molar-refractivity contribution in [2.75, 3.05) is 21.3 Å². The molecule has 1 unspecified atom stereocenters. The second-order valence-electron chi connectivity index (χ2n) is 5.90. The predicted octanol–water partition coefficient (Wildman–Crippen LogP) is 3.83. The summed E-state index contributed by atoms with van der Waals surface area (Å²) in [4.78, 5) is 0.126. The molecule has 0 aliphatic carbocycles. The van der Waals surface area contributed by atoms with Gasteiger partial charge in [0.1, 0.15) is 11.3 Å². The Balaban J connectivity index is 1.95. The smallest absolute Gasteiger partial charge is 0.243 e. The van der Waals surface area contributed by atoms with Crippen molar-refractivity contribution in [1.29, 1.82) is 0 Å². The first-order chi connectivity index (χ1) is 12.4. The third-order valence-electron chi connectivity index (χ3n) is 4.43. The van der Waals surface area contributed by atoms with Gasteiger partial charge >= 0.3 is 0 Å². The third kappa shape index (κ3) is 3.15. The van der Waals surface area contributed by atoms with Crippen LogP contribution in [0.1, 0.15) is 18.7 Å². The standard InChI is InChI=1S/C19H21NO5S/c1-13(18-11-14-7-5-6-8-16(14)25-18)20(2)26(21,22)15-9-10-17(23-3)19(12-15)24-4/h5-13H,1-4H3. The first kappa shape index (κ1) is 18.3. The number of methoxy groups -OCH3 is 2. The molecule has 3 rings (SSSR count). The fraction of sp³-hybridized carbons (Fsp3) is 0.263. The van der Waals surface area contributed by atoms with Gasteiger partial charge in [-0.25, -0.2) is 8.42 Å². The summed E-state index contributed by atoms with van der Waals surface area (Å²) in [7, 11) is 0.757. The number of sulfonamides is 1. The predicted molar refractivity (Wildman–Crippen MR) is 99.1 cm³/mol. The van der Waals surface area contributed by atoms with Gasteiger partial charge in [0.05, 0.1) is 25.2 Å². The Labute approximate surface area is 153 Å². The molecule has 2 aromatic carbocycles. The minimum Gasteiger partial charge on any atom is -0.493 e. The van der Waals surface area contributed by atoms with E-state index in [4.69, 9.17) is 13.9 Å². The zero-order chi connectivity index (χ0) is 18.9. The molecule has 0 bridgehead atoms. The second-order valence-corrected chi connectivity index (χ2v) is 7.90. The van der Waals surface area contributed by atoms with Gasteiger partial charge in [-0.2, -0.15) is 4.31 Å². The maximum atomic E-state index is 13.0. The van der Waals surface area contributed by atoms with Crippen LogP contribution in [0.15, 0.2) is 57.8 Å². The fourth-order valence-corrected chi connectivity index (χ4v) is 4.09. The van der Waals surface area contributed by atoms with Crippen LogP contribution in [0.3, 0.4) is 0 Å². The van der Waals surface area contributed by atoms with Crippen molar-refractivity contribution in [2.45, 2.75) is 17.9 Å². The van der Waals surface area contributed by atoms with Crippen LogP contribution in [0, 0.1) is 0 Å². The number of hydrogen-bond donors (Lipinski definition) is 0. The van der Waals surface area contributed by atoms with Crippen LogP contribution in [0.5, 0.6) is 11.5 Å². The van der Waals surface area contributed by atoms with E-state index in [-0.39, 0.29) is 4.90 Å². The molecule has 0 N–H and O–H groups in total. The molecule has 138 valence electrons. The summed E-state index contributed by atoms with van der Waals surface area (Å²) in [6.07, 6.45) is 0. The lowest BCUT2D eigenvalue weighted by molar-refractivity contribution is 0.345. The Morgan fingerprint density at radius 1 is 1.00 bits per heavy atom. The summed E-state index contributed by atoms with van der Waals surface area (Å²) in [6, 6.07) is 13.5. The van der Waals surface area contributed by atoms with Crippen LogP contribution in [0.25, 0.3) is 11.0 Å². The van der Waals surface area contributed by atoms with E-state index in [2.05, 4.69) is 0 Å². The summed E-state index contributed by atoms with van der Waals surface area (Å²) in [5, 5.41) is 0.936. The molecule has 26 heavy (non-hydrogen) atoms. The maximum absolute atomic E-state index is 13.0. The summed E-state index contributed by atoms with van der Waals surface area (Å²) in [6.45, 7) is 1.79. The van der Waals surface area contributed by atoms with Crippen LogP contribution in [-0.4, -0.2) is 34.0 Å². The number of nitrogens with zero attached hydrogens (tertiary/aromatic N) is 1. The van der Waals surface area contributed by atoms with Crippen molar-refractivity contribution >= 4 is 21.0 Å². The molecule has 0 aliphatic heterocycles. The average Bonchev–Trinajstić information content (AvgIpc) is 3.10. The zero-order valence-corrected chi connectivity index (χ0v) is 15.9. The van der Waals surface area contributed by atoms with Crippen molar-refractivity contribution in [3.8, 4) is 11.5 Å². The summed E-state index contributed by atoms with van der Waals surface area (Å²) in [5.41, 5.74) is 0.728. The van der Waals surface area contributed by atoms with E-state index in [9.17, 15) is 8.42 Å². The number of ether oxygens (including phenoxy) is 2. The minimum absolute atomic E-state index is 0.126. The van der Waals surface area contributed by atoms with Gasteiger partial charge in [0.25, 0.3) is 0 Å². The normalized spacial score (nSPS) is 13.1. The molecule has 0 fully saturated rings. The van der Waals surface area contributed by atoms with Gasteiger partial charge in [-0.1, -0.05) is 18.2 Å². The second kappa shape index (κ2) is 7.01. The summed E-state index contributed by atoms with van der Waals surface area (Å²) >= 11 is 0. The van der Waals surface area contributed by atoms with E-state index in [1.54, 1.807) is 13.0 Å². The quantitative estimate of drug-likeness (QED) is 0.655. The van der Waals surface area contributed by atoms with Gasteiger partial charge < -0.3 is 13.9 Å². The highest BCUT2D eigenvalue weighted by Crippen LogP contribution is 2.33. The minimum atomic E-state index is -3.74. The molecule has 3 aromatic rings. The highest BCUT2D eigenvalue weighted by atomic mass is 32.2.